The third-order valence-electron chi connectivity index (χ3n) is 1.66. The second-order valence-corrected chi connectivity index (χ2v) is 10.8. The minimum atomic E-state index is -3.20. The van der Waals surface area contributed by atoms with E-state index in [1.807, 2.05) is 0 Å². The molecule has 0 aliphatic heterocycles. The van der Waals surface area contributed by atoms with Crippen molar-refractivity contribution in [1.82, 2.24) is 0 Å². The fourth-order valence-corrected chi connectivity index (χ4v) is 4.05. The largest absolute Gasteiger partial charge is 0.241 e. The summed E-state index contributed by atoms with van der Waals surface area (Å²) in [5.41, 5.74) is -1.72. The lowest BCUT2D eigenvalue weighted by Crippen LogP contribution is -2.34. The van der Waals surface area contributed by atoms with Gasteiger partial charge in [-0.3, -0.25) is 0 Å². The highest BCUT2D eigenvalue weighted by Crippen LogP contribution is 2.68. The first-order chi connectivity index (χ1) is 6.64. The predicted molar refractivity (Wildman–Crippen MR) is 65.3 cm³/mol. The molecule has 0 fully saturated rings. The summed E-state index contributed by atoms with van der Waals surface area (Å²) in [6, 6.07) is 3.40. The van der Waals surface area contributed by atoms with Crippen LogP contribution in [0.4, 0.5) is 0 Å². The molecule has 0 aromatic heterocycles. The molecule has 84 valence electrons. The normalized spacial score (nSPS) is 12.8. The number of nitriles is 2. The number of rotatable bonds is 3. The Morgan fingerprint density at radius 2 is 1.60 bits per heavy atom. The maximum absolute atomic E-state index is 8.89. The van der Waals surface area contributed by atoms with Crippen molar-refractivity contribution in [3.05, 3.63) is 0 Å². The first-order valence-corrected chi connectivity index (χ1v) is 8.78. The van der Waals surface area contributed by atoms with Crippen molar-refractivity contribution < 1.29 is 0 Å². The Balaban J connectivity index is 5.58. The quantitative estimate of drug-likeness (QED) is 0.405. The fraction of sp³-hybridized carbons (Fsp3) is 0.667. The summed E-state index contributed by atoms with van der Waals surface area (Å²) >= 11 is 28.0. The SMILES string of the molecule is CCC(C#N)(C#N)C(Cl)(Cl)N=P(Cl)(Cl)Cl. The molecule has 0 atom stereocenters. The van der Waals surface area contributed by atoms with Crippen molar-refractivity contribution in [2.24, 2.45) is 10.2 Å². The van der Waals surface area contributed by atoms with Crippen molar-refractivity contribution in [2.75, 3.05) is 0 Å². The van der Waals surface area contributed by atoms with Gasteiger partial charge in [0.25, 0.3) is 0 Å². The number of halogens is 5. The molecule has 0 radical (unpaired) electrons. The van der Waals surface area contributed by atoms with E-state index in [0.29, 0.717) is 0 Å². The van der Waals surface area contributed by atoms with Crippen LogP contribution in [0.25, 0.3) is 0 Å². The number of hydrogen-bond acceptors (Lipinski definition) is 3. The van der Waals surface area contributed by atoms with Gasteiger partial charge in [0.2, 0.25) is 9.57 Å². The molecule has 0 aliphatic rings. The van der Waals surface area contributed by atoms with Gasteiger partial charge in [-0.05, 0) is 40.1 Å². The molecule has 0 heterocycles. The average molecular weight is 327 g/mol. The minimum Gasteiger partial charge on any atom is -0.219 e. The van der Waals surface area contributed by atoms with E-state index in [1.54, 1.807) is 19.1 Å². The first kappa shape index (κ1) is 15.7. The Hall–Kier alpha value is 0.660. The van der Waals surface area contributed by atoms with Crippen LogP contribution >= 0.6 is 62.0 Å². The maximum Gasteiger partial charge on any atom is 0.241 e. The molecule has 0 aromatic carbocycles. The van der Waals surface area contributed by atoms with Crippen LogP contribution < -0.4 is 0 Å². The second kappa shape index (κ2) is 5.33. The summed E-state index contributed by atoms with van der Waals surface area (Å²) < 4.78 is 1.47. The van der Waals surface area contributed by atoms with E-state index in [9.17, 15) is 0 Å². The molecule has 0 spiro atoms. The van der Waals surface area contributed by atoms with Gasteiger partial charge in [0, 0.05) is 0 Å². The van der Waals surface area contributed by atoms with Gasteiger partial charge in [0.1, 0.15) is 0 Å². The van der Waals surface area contributed by atoms with Crippen molar-refractivity contribution in [2.45, 2.75) is 17.8 Å². The summed E-state index contributed by atoms with van der Waals surface area (Å²) in [4.78, 5) is 0. The van der Waals surface area contributed by atoms with Gasteiger partial charge < -0.3 is 0 Å². The Labute approximate surface area is 112 Å². The summed E-state index contributed by atoms with van der Waals surface area (Å²) in [7, 11) is 0. The maximum atomic E-state index is 8.89. The third kappa shape index (κ3) is 3.86. The molecule has 0 aromatic rings. The van der Waals surface area contributed by atoms with E-state index in [4.69, 9.17) is 67.4 Å². The van der Waals surface area contributed by atoms with Crippen LogP contribution in [0.3, 0.4) is 0 Å². The van der Waals surface area contributed by atoms with Crippen LogP contribution in [0.5, 0.6) is 0 Å². The van der Waals surface area contributed by atoms with E-state index in [0.717, 1.165) is 0 Å². The average Bonchev–Trinajstić information content (AvgIpc) is 2.03. The lowest BCUT2D eigenvalue weighted by molar-refractivity contribution is 0.448. The van der Waals surface area contributed by atoms with Crippen LogP contribution in [-0.2, 0) is 0 Å². The molecular formula is C6H5Cl5N3P. The monoisotopic (exact) mass is 325 g/mol. The number of hydrogen-bond donors (Lipinski definition) is 0. The lowest BCUT2D eigenvalue weighted by Gasteiger charge is -2.27. The van der Waals surface area contributed by atoms with Crippen LogP contribution in [0.15, 0.2) is 4.74 Å². The zero-order valence-electron chi connectivity index (χ0n) is 7.39. The van der Waals surface area contributed by atoms with E-state index in [1.165, 1.54) is 0 Å². The Bertz CT molecular complexity index is 351. The summed E-state index contributed by atoms with van der Waals surface area (Å²) in [5.74, 6) is 0. The highest BCUT2D eigenvalue weighted by Gasteiger charge is 2.51. The number of alkyl halides is 2. The van der Waals surface area contributed by atoms with Crippen molar-refractivity contribution in [3.8, 4) is 12.1 Å². The second-order valence-electron chi connectivity index (χ2n) is 2.54. The molecule has 0 amide bonds. The van der Waals surface area contributed by atoms with Crippen LogP contribution in [-0.4, -0.2) is 4.46 Å². The molecule has 0 aliphatic carbocycles. The van der Waals surface area contributed by atoms with Crippen LogP contribution in [0.1, 0.15) is 13.3 Å². The van der Waals surface area contributed by atoms with Crippen molar-refractivity contribution in [3.63, 3.8) is 0 Å². The molecule has 0 saturated heterocycles. The van der Waals surface area contributed by atoms with Gasteiger partial charge in [-0.2, -0.15) is 10.5 Å². The standard InChI is InChI=1S/C6H5Cl5N3P/c1-2-5(3-12,4-13)6(7,8)14-15(9,10)11/h2H2,1H3. The van der Waals surface area contributed by atoms with E-state index in [2.05, 4.69) is 4.74 Å². The topological polar surface area (TPSA) is 59.9 Å². The summed E-state index contributed by atoms with van der Waals surface area (Å²) in [6.45, 7) is 1.57. The van der Waals surface area contributed by atoms with Gasteiger partial charge in [0.15, 0.2) is 5.41 Å². The zero-order valence-corrected chi connectivity index (χ0v) is 12.1. The zero-order chi connectivity index (χ0) is 12.3. The molecule has 15 heavy (non-hydrogen) atoms. The lowest BCUT2D eigenvalue weighted by atomic mass is 9.88. The van der Waals surface area contributed by atoms with Crippen molar-refractivity contribution >= 4 is 62.0 Å². The molecule has 9 heteroatoms. The Morgan fingerprint density at radius 3 is 1.80 bits per heavy atom. The van der Waals surface area contributed by atoms with E-state index in [-0.39, 0.29) is 6.42 Å². The molecular weight excluding hydrogens is 322 g/mol. The Morgan fingerprint density at radius 1 is 1.20 bits per heavy atom. The van der Waals surface area contributed by atoms with Crippen LogP contribution in [0.2, 0.25) is 0 Å². The summed E-state index contributed by atoms with van der Waals surface area (Å²) in [5, 5.41) is 14.6. The first-order valence-electron chi connectivity index (χ1n) is 3.57. The third-order valence-corrected chi connectivity index (χ3v) is 3.92. The van der Waals surface area contributed by atoms with Crippen LogP contribution in [0, 0.1) is 28.1 Å². The van der Waals surface area contributed by atoms with Gasteiger partial charge >= 0.3 is 0 Å². The van der Waals surface area contributed by atoms with E-state index < -0.39 is 15.0 Å². The molecule has 0 saturated carbocycles. The van der Waals surface area contributed by atoms with Gasteiger partial charge in [0.05, 0.1) is 12.1 Å². The minimum absolute atomic E-state index is 0.0706. The molecule has 0 rings (SSSR count). The van der Waals surface area contributed by atoms with Gasteiger partial charge in [-0.15, -0.1) is 0 Å². The highest BCUT2D eigenvalue weighted by molar-refractivity contribution is 8.26. The molecule has 0 N–H and O–H groups in total. The molecule has 3 nitrogen and oxygen atoms in total. The summed E-state index contributed by atoms with van der Waals surface area (Å²) in [6.07, 6.45) is 0.0706. The predicted octanol–water partition coefficient (Wildman–Crippen LogP) is 5.22. The van der Waals surface area contributed by atoms with Crippen molar-refractivity contribution in [1.29, 1.82) is 10.5 Å². The van der Waals surface area contributed by atoms with Gasteiger partial charge in [-0.1, -0.05) is 30.1 Å². The van der Waals surface area contributed by atoms with Gasteiger partial charge in [-0.25, -0.2) is 4.74 Å². The highest BCUT2D eigenvalue weighted by atomic mass is 36.0. The Kier molecular flexibility index (Phi) is 5.56. The molecule has 0 bridgehead atoms. The van der Waals surface area contributed by atoms with E-state index >= 15 is 0 Å². The smallest absolute Gasteiger partial charge is 0.219 e. The number of nitrogens with zero attached hydrogens (tertiary/aromatic N) is 3. The fourth-order valence-electron chi connectivity index (χ4n) is 0.758. The molecule has 0 unspecified atom stereocenters.